The van der Waals surface area contributed by atoms with E-state index in [0.717, 1.165) is 33.4 Å². The summed E-state index contributed by atoms with van der Waals surface area (Å²) in [5, 5.41) is 15.4. The highest BCUT2D eigenvalue weighted by molar-refractivity contribution is 5.45. The van der Waals surface area contributed by atoms with Gasteiger partial charge in [0.2, 0.25) is 0 Å². The lowest BCUT2D eigenvalue weighted by Gasteiger charge is -2.12. The second-order valence-electron chi connectivity index (χ2n) is 11.7. The van der Waals surface area contributed by atoms with Crippen LogP contribution in [0.3, 0.4) is 0 Å². The van der Waals surface area contributed by atoms with Gasteiger partial charge in [-0.05, 0) is 82.9 Å². The summed E-state index contributed by atoms with van der Waals surface area (Å²) in [5.41, 5.74) is 9.51. The fraction of sp³-hybridized carbons (Fsp3) is 0.278. The monoisotopic (exact) mass is 648 g/mol. The minimum Gasteiger partial charge on any atom is -0.372 e. The molecule has 48 heavy (non-hydrogen) atoms. The van der Waals surface area contributed by atoms with E-state index in [1.54, 1.807) is 14.1 Å². The number of aryl methyl sites for hydroxylation is 6. The normalized spacial score (nSPS) is 11.0. The molecule has 0 aliphatic carbocycles. The van der Waals surface area contributed by atoms with Crippen molar-refractivity contribution in [1.82, 2.24) is 39.6 Å². The number of nitrogens with zero attached hydrogens (tertiary/aromatic N) is 8. The predicted octanol–water partition coefficient (Wildman–Crippen LogP) is 4.60. The highest BCUT2D eigenvalue weighted by Gasteiger charge is 2.14. The molecule has 0 amide bonds. The molecule has 6 aromatic rings. The molecule has 2 heterocycles. The molecule has 248 valence electrons. The van der Waals surface area contributed by atoms with Gasteiger partial charge < -0.3 is 9.47 Å². The molecule has 0 aliphatic rings. The number of rotatable bonds is 10. The molecule has 0 saturated carbocycles. The standard InChI is InChI=1S/2C18H20N4O2/c1-13-6-4-8-15(10-13)11-24-12-16-14(2)7-5-9-17(16)22-18(23)21(3)19-20-22;1-13-7-9-15(10-8-13)11-24-12-16-14(2)5-4-6-17(16)22-18(23)21(3)19-20-22/h2*4-10H,11-12H2,1-3H3. The SMILES string of the molecule is Cc1ccc(COCc2c(C)cccc2-n2nnn(C)c2=O)cc1.Cc1cccc(COCc2c(C)cccc2-n2nnn(C)c2=O)c1. The summed E-state index contributed by atoms with van der Waals surface area (Å²) in [4.78, 5) is 24.2. The Morgan fingerprint density at radius 3 is 1.46 bits per heavy atom. The van der Waals surface area contributed by atoms with E-state index in [2.05, 4.69) is 71.1 Å². The van der Waals surface area contributed by atoms with Gasteiger partial charge >= 0.3 is 11.4 Å². The summed E-state index contributed by atoms with van der Waals surface area (Å²) < 4.78 is 16.8. The molecule has 12 heteroatoms. The number of aromatic nitrogens is 8. The molecule has 0 spiro atoms. The van der Waals surface area contributed by atoms with Crippen molar-refractivity contribution in [3.05, 3.63) is 150 Å². The Balaban J connectivity index is 0.000000188. The van der Waals surface area contributed by atoms with Crippen molar-refractivity contribution in [2.75, 3.05) is 0 Å². The molecule has 0 saturated heterocycles. The van der Waals surface area contributed by atoms with Gasteiger partial charge in [-0.2, -0.15) is 18.7 Å². The third-order valence-electron chi connectivity index (χ3n) is 7.90. The maximum Gasteiger partial charge on any atom is 0.368 e. The second kappa shape index (κ2) is 15.4. The lowest BCUT2D eigenvalue weighted by atomic mass is 10.1. The number of ether oxygens (including phenoxy) is 2. The maximum atomic E-state index is 12.1. The fourth-order valence-corrected chi connectivity index (χ4v) is 5.10. The van der Waals surface area contributed by atoms with Gasteiger partial charge in [0.25, 0.3) is 0 Å². The second-order valence-corrected chi connectivity index (χ2v) is 11.7. The van der Waals surface area contributed by atoms with E-state index in [9.17, 15) is 9.59 Å². The van der Waals surface area contributed by atoms with Crippen molar-refractivity contribution in [2.45, 2.75) is 54.1 Å². The first-order valence-electron chi connectivity index (χ1n) is 15.5. The van der Waals surface area contributed by atoms with Crippen LogP contribution in [0.15, 0.2) is 94.5 Å². The number of tetrazole rings is 2. The molecular formula is C36H40N8O4. The van der Waals surface area contributed by atoms with Gasteiger partial charge in [0.15, 0.2) is 0 Å². The smallest absolute Gasteiger partial charge is 0.368 e. The molecular weight excluding hydrogens is 608 g/mol. The molecule has 0 aliphatic heterocycles. The molecule has 0 unspecified atom stereocenters. The quantitative estimate of drug-likeness (QED) is 0.211. The predicted molar refractivity (Wildman–Crippen MR) is 182 cm³/mol. The maximum absolute atomic E-state index is 12.1. The van der Waals surface area contributed by atoms with Crippen LogP contribution in [0.25, 0.3) is 11.4 Å². The van der Waals surface area contributed by atoms with Gasteiger partial charge in [-0.15, -0.1) is 0 Å². The molecule has 0 bridgehead atoms. The molecule has 0 radical (unpaired) electrons. The topological polar surface area (TPSA) is 124 Å². The van der Waals surface area contributed by atoms with Crippen molar-refractivity contribution in [2.24, 2.45) is 14.1 Å². The average Bonchev–Trinajstić information content (AvgIpc) is 3.58. The van der Waals surface area contributed by atoms with Crippen LogP contribution in [0, 0.1) is 27.7 Å². The molecule has 4 aromatic carbocycles. The Kier molecular flexibility index (Phi) is 10.9. The van der Waals surface area contributed by atoms with Crippen molar-refractivity contribution in [1.29, 1.82) is 0 Å². The minimum absolute atomic E-state index is 0.277. The van der Waals surface area contributed by atoms with Gasteiger partial charge in [0.1, 0.15) is 0 Å². The zero-order valence-corrected chi connectivity index (χ0v) is 28.1. The summed E-state index contributed by atoms with van der Waals surface area (Å²) in [6, 6.07) is 28.0. The van der Waals surface area contributed by atoms with Crippen LogP contribution in [-0.2, 0) is 50.0 Å². The van der Waals surface area contributed by atoms with Crippen molar-refractivity contribution in [3.8, 4) is 11.4 Å². The number of hydrogen-bond acceptors (Lipinski definition) is 8. The van der Waals surface area contributed by atoms with Crippen molar-refractivity contribution >= 4 is 0 Å². The Morgan fingerprint density at radius 2 is 1.00 bits per heavy atom. The van der Waals surface area contributed by atoms with Gasteiger partial charge in [-0.3, -0.25) is 0 Å². The molecule has 12 nitrogen and oxygen atoms in total. The van der Waals surface area contributed by atoms with E-state index in [4.69, 9.17) is 9.47 Å². The van der Waals surface area contributed by atoms with Crippen molar-refractivity contribution in [3.63, 3.8) is 0 Å². The van der Waals surface area contributed by atoms with E-state index in [1.165, 1.54) is 29.9 Å². The molecule has 6 rings (SSSR count). The Hall–Kier alpha value is -5.46. The summed E-state index contributed by atoms with van der Waals surface area (Å²) >= 11 is 0. The van der Waals surface area contributed by atoms with Crippen LogP contribution in [0.4, 0.5) is 0 Å². The Morgan fingerprint density at radius 1 is 0.521 bits per heavy atom. The van der Waals surface area contributed by atoms with Crippen LogP contribution < -0.4 is 11.4 Å². The highest BCUT2D eigenvalue weighted by Crippen LogP contribution is 2.20. The summed E-state index contributed by atoms with van der Waals surface area (Å²) in [6.45, 7) is 9.95. The fourth-order valence-electron chi connectivity index (χ4n) is 5.10. The zero-order valence-electron chi connectivity index (χ0n) is 28.1. The third kappa shape index (κ3) is 8.08. The average molecular weight is 649 g/mol. The molecule has 0 atom stereocenters. The van der Waals surface area contributed by atoms with Crippen LogP contribution in [0.5, 0.6) is 0 Å². The van der Waals surface area contributed by atoms with E-state index >= 15 is 0 Å². The zero-order chi connectivity index (χ0) is 34.2. The molecule has 2 aromatic heterocycles. The first kappa shape index (κ1) is 33.9. The largest absolute Gasteiger partial charge is 0.372 e. The third-order valence-corrected chi connectivity index (χ3v) is 7.90. The summed E-state index contributed by atoms with van der Waals surface area (Å²) in [5.74, 6) is 0. The van der Waals surface area contributed by atoms with Gasteiger partial charge in [-0.1, -0.05) is 83.9 Å². The summed E-state index contributed by atoms with van der Waals surface area (Å²) in [7, 11) is 3.16. The summed E-state index contributed by atoms with van der Waals surface area (Å²) in [6.07, 6.45) is 0. The first-order chi connectivity index (χ1) is 23.1. The van der Waals surface area contributed by atoms with E-state index in [0.29, 0.717) is 37.8 Å². The van der Waals surface area contributed by atoms with Crippen molar-refractivity contribution < 1.29 is 9.47 Å². The minimum atomic E-state index is -0.277. The Bertz CT molecular complexity index is 2110. The van der Waals surface area contributed by atoms with E-state index < -0.39 is 0 Å². The number of hydrogen-bond donors (Lipinski definition) is 0. The van der Waals surface area contributed by atoms with E-state index in [-0.39, 0.29) is 11.4 Å². The molecule has 0 fully saturated rings. The lowest BCUT2D eigenvalue weighted by molar-refractivity contribution is 0.106. The number of benzene rings is 4. The van der Waals surface area contributed by atoms with E-state index in [1.807, 2.05) is 62.4 Å². The van der Waals surface area contributed by atoms with Gasteiger partial charge in [0.05, 0.1) is 37.8 Å². The first-order valence-corrected chi connectivity index (χ1v) is 15.5. The van der Waals surface area contributed by atoms with Gasteiger partial charge in [0, 0.05) is 25.2 Å². The van der Waals surface area contributed by atoms with Crippen LogP contribution in [0.2, 0.25) is 0 Å². The van der Waals surface area contributed by atoms with Gasteiger partial charge in [-0.25, -0.2) is 9.59 Å². The van der Waals surface area contributed by atoms with Crippen LogP contribution >= 0.6 is 0 Å². The lowest BCUT2D eigenvalue weighted by Crippen LogP contribution is -2.23. The van der Waals surface area contributed by atoms with Crippen LogP contribution in [0.1, 0.15) is 44.5 Å². The highest BCUT2D eigenvalue weighted by atomic mass is 16.5. The Labute approximate surface area is 278 Å². The molecule has 0 N–H and O–H groups in total. The van der Waals surface area contributed by atoms with Crippen LogP contribution in [-0.4, -0.2) is 39.6 Å².